The van der Waals surface area contributed by atoms with Crippen LogP contribution in [-0.2, 0) is 17.8 Å². The summed E-state index contributed by atoms with van der Waals surface area (Å²) in [5, 5.41) is 9.15. The zero-order valence-corrected chi connectivity index (χ0v) is 18.6. The van der Waals surface area contributed by atoms with Crippen LogP contribution in [0.25, 0.3) is 0 Å². The monoisotopic (exact) mass is 430 g/mol. The lowest BCUT2D eigenvalue weighted by Crippen LogP contribution is -2.36. The van der Waals surface area contributed by atoms with Crippen LogP contribution in [0.5, 0.6) is 17.2 Å². The van der Waals surface area contributed by atoms with E-state index in [1.807, 2.05) is 43.3 Å². The van der Waals surface area contributed by atoms with Gasteiger partial charge in [0.05, 0.1) is 35.0 Å². The summed E-state index contributed by atoms with van der Waals surface area (Å²) in [5.41, 5.74) is 2.62. The maximum Gasteiger partial charge on any atom is 0.411 e. The Hall–Kier alpha value is -3.62. The number of amides is 1. The molecule has 0 aliphatic carbocycles. The fraction of sp³-hybridized carbons (Fsp3) is 0.364. The molecule has 31 heavy (non-hydrogen) atoms. The number of hydrogen-bond donors (Lipinski definition) is 3. The third-order valence-electron chi connectivity index (χ3n) is 4.33. The topological polar surface area (TPSA) is 102 Å². The molecule has 0 aliphatic rings. The summed E-state index contributed by atoms with van der Waals surface area (Å²) in [5.74, 6) is 2.40. The van der Waals surface area contributed by atoms with E-state index in [2.05, 4.69) is 25.7 Å². The standard InChI is InChI=1S/C22H30N4O5/c1-6-23-21(24-13-15-7-9-17(10-8-15)26-22(27)31-5)25-14-16-11-18(28-2)20(30-4)19(12-16)29-3/h7-12H,6,13-14H2,1-5H3,(H,26,27)(H2,23,24,25). The molecule has 2 aromatic rings. The number of guanidine groups is 1. The van der Waals surface area contributed by atoms with Crippen LogP contribution in [0.3, 0.4) is 0 Å². The first kappa shape index (κ1) is 23.7. The molecule has 0 radical (unpaired) electrons. The number of ether oxygens (including phenoxy) is 4. The van der Waals surface area contributed by atoms with Crippen LogP contribution in [-0.4, -0.2) is 47.0 Å². The summed E-state index contributed by atoms with van der Waals surface area (Å²) in [6.07, 6.45) is -0.501. The minimum absolute atomic E-state index is 0.425. The SMILES string of the molecule is CCNC(=NCc1cc(OC)c(OC)c(OC)c1)NCc1ccc(NC(=O)OC)cc1. The predicted octanol–water partition coefficient (Wildman–Crippen LogP) is 3.15. The zero-order chi connectivity index (χ0) is 22.6. The van der Waals surface area contributed by atoms with E-state index < -0.39 is 6.09 Å². The molecule has 0 aromatic heterocycles. The van der Waals surface area contributed by atoms with E-state index >= 15 is 0 Å². The second-order valence-corrected chi connectivity index (χ2v) is 6.40. The van der Waals surface area contributed by atoms with Crippen LogP contribution in [0.15, 0.2) is 41.4 Å². The first-order valence-corrected chi connectivity index (χ1v) is 9.79. The lowest BCUT2D eigenvalue weighted by molar-refractivity contribution is 0.187. The Bertz CT molecular complexity index is 859. The van der Waals surface area contributed by atoms with Gasteiger partial charge in [0.15, 0.2) is 17.5 Å². The highest BCUT2D eigenvalue weighted by Crippen LogP contribution is 2.38. The molecule has 3 N–H and O–H groups in total. The predicted molar refractivity (Wildman–Crippen MR) is 120 cm³/mol. The molecular formula is C22H30N4O5. The van der Waals surface area contributed by atoms with Gasteiger partial charge in [-0.3, -0.25) is 5.32 Å². The second-order valence-electron chi connectivity index (χ2n) is 6.40. The van der Waals surface area contributed by atoms with Gasteiger partial charge in [0.2, 0.25) is 5.75 Å². The van der Waals surface area contributed by atoms with Gasteiger partial charge in [0, 0.05) is 18.8 Å². The van der Waals surface area contributed by atoms with Crippen LogP contribution in [0.1, 0.15) is 18.1 Å². The Morgan fingerprint density at radius 2 is 1.55 bits per heavy atom. The first-order valence-electron chi connectivity index (χ1n) is 9.79. The van der Waals surface area contributed by atoms with Crippen LogP contribution in [0, 0.1) is 0 Å². The number of carbonyl (C=O) groups excluding carboxylic acids is 1. The molecule has 0 saturated carbocycles. The molecular weight excluding hydrogens is 400 g/mol. The average molecular weight is 431 g/mol. The number of methoxy groups -OCH3 is 4. The highest BCUT2D eigenvalue weighted by molar-refractivity contribution is 5.84. The van der Waals surface area contributed by atoms with Crippen LogP contribution >= 0.6 is 0 Å². The molecule has 0 heterocycles. The van der Waals surface area contributed by atoms with E-state index in [1.165, 1.54) is 7.11 Å². The highest BCUT2D eigenvalue weighted by Gasteiger charge is 2.13. The van der Waals surface area contributed by atoms with Crippen molar-refractivity contribution in [1.82, 2.24) is 10.6 Å². The average Bonchev–Trinajstić information content (AvgIpc) is 2.80. The van der Waals surface area contributed by atoms with Crippen molar-refractivity contribution < 1.29 is 23.7 Å². The smallest absolute Gasteiger partial charge is 0.411 e. The molecule has 0 atom stereocenters. The van der Waals surface area contributed by atoms with E-state index in [0.29, 0.717) is 42.0 Å². The third-order valence-corrected chi connectivity index (χ3v) is 4.33. The third kappa shape index (κ3) is 6.98. The molecule has 0 aliphatic heterocycles. The molecule has 168 valence electrons. The summed E-state index contributed by atoms with van der Waals surface area (Å²) in [6.45, 7) is 3.72. The fourth-order valence-corrected chi connectivity index (χ4v) is 2.80. The molecule has 2 aromatic carbocycles. The molecule has 0 unspecified atom stereocenters. The van der Waals surface area contributed by atoms with E-state index in [-0.39, 0.29) is 0 Å². The number of rotatable bonds is 9. The van der Waals surface area contributed by atoms with E-state index in [4.69, 9.17) is 14.2 Å². The quantitative estimate of drug-likeness (QED) is 0.415. The number of hydrogen-bond acceptors (Lipinski definition) is 6. The van der Waals surface area contributed by atoms with Gasteiger partial charge in [-0.15, -0.1) is 0 Å². The Labute approximate surface area is 182 Å². The van der Waals surface area contributed by atoms with E-state index in [9.17, 15) is 4.79 Å². The number of nitrogens with one attached hydrogen (secondary N) is 3. The van der Waals surface area contributed by atoms with E-state index in [1.54, 1.807) is 21.3 Å². The van der Waals surface area contributed by atoms with Gasteiger partial charge in [-0.2, -0.15) is 0 Å². The molecule has 9 heteroatoms. The zero-order valence-electron chi connectivity index (χ0n) is 18.6. The largest absolute Gasteiger partial charge is 0.493 e. The van der Waals surface area contributed by atoms with Gasteiger partial charge in [-0.25, -0.2) is 9.79 Å². The number of aliphatic imine (C=N–C) groups is 1. The number of benzene rings is 2. The first-order chi connectivity index (χ1) is 15.0. The second kappa shape index (κ2) is 12.2. The lowest BCUT2D eigenvalue weighted by atomic mass is 10.2. The van der Waals surface area contributed by atoms with Gasteiger partial charge in [-0.1, -0.05) is 12.1 Å². The molecule has 2 rings (SSSR count). The van der Waals surface area contributed by atoms with Crippen molar-refractivity contribution in [3.63, 3.8) is 0 Å². The minimum atomic E-state index is -0.501. The molecule has 9 nitrogen and oxygen atoms in total. The Balaban J connectivity index is 2.06. The van der Waals surface area contributed by atoms with Crippen molar-refractivity contribution in [3.8, 4) is 17.2 Å². The number of carbonyl (C=O) groups is 1. The van der Waals surface area contributed by atoms with Crippen molar-refractivity contribution in [2.45, 2.75) is 20.0 Å². The van der Waals surface area contributed by atoms with Crippen LogP contribution < -0.4 is 30.2 Å². The van der Waals surface area contributed by atoms with Crippen LogP contribution in [0.2, 0.25) is 0 Å². The van der Waals surface area contributed by atoms with Gasteiger partial charge < -0.3 is 29.6 Å². The summed E-state index contributed by atoms with van der Waals surface area (Å²) >= 11 is 0. The summed E-state index contributed by atoms with van der Waals surface area (Å²) in [7, 11) is 6.07. The van der Waals surface area contributed by atoms with Gasteiger partial charge in [0.25, 0.3) is 0 Å². The maximum absolute atomic E-state index is 11.3. The Morgan fingerprint density at radius 1 is 0.903 bits per heavy atom. The number of nitrogens with zero attached hydrogens (tertiary/aromatic N) is 1. The summed E-state index contributed by atoms with van der Waals surface area (Å²) < 4.78 is 20.7. The van der Waals surface area contributed by atoms with Gasteiger partial charge in [-0.05, 0) is 42.3 Å². The van der Waals surface area contributed by atoms with Crippen molar-refractivity contribution in [1.29, 1.82) is 0 Å². The van der Waals surface area contributed by atoms with Crippen molar-refractivity contribution >= 4 is 17.7 Å². The molecule has 0 spiro atoms. The fourth-order valence-electron chi connectivity index (χ4n) is 2.80. The highest BCUT2D eigenvalue weighted by atomic mass is 16.5. The van der Waals surface area contributed by atoms with Crippen LogP contribution in [0.4, 0.5) is 10.5 Å². The van der Waals surface area contributed by atoms with Gasteiger partial charge >= 0.3 is 6.09 Å². The normalized spacial score (nSPS) is 10.8. The van der Waals surface area contributed by atoms with Crippen molar-refractivity contribution in [2.75, 3.05) is 40.3 Å². The summed E-state index contributed by atoms with van der Waals surface area (Å²) in [4.78, 5) is 15.9. The Kier molecular flexibility index (Phi) is 9.28. The number of anilines is 1. The van der Waals surface area contributed by atoms with Crippen molar-refractivity contribution in [2.24, 2.45) is 4.99 Å². The molecule has 1 amide bonds. The van der Waals surface area contributed by atoms with E-state index in [0.717, 1.165) is 17.7 Å². The Morgan fingerprint density at radius 3 is 2.06 bits per heavy atom. The maximum atomic E-state index is 11.3. The molecule has 0 fully saturated rings. The summed E-state index contributed by atoms with van der Waals surface area (Å²) in [6, 6.07) is 11.2. The molecule has 0 bridgehead atoms. The lowest BCUT2D eigenvalue weighted by Gasteiger charge is -2.14. The van der Waals surface area contributed by atoms with Gasteiger partial charge in [0.1, 0.15) is 0 Å². The molecule has 0 saturated heterocycles. The minimum Gasteiger partial charge on any atom is -0.493 e. The van der Waals surface area contributed by atoms with Crippen molar-refractivity contribution in [3.05, 3.63) is 47.5 Å².